The Labute approximate surface area is 185 Å². The zero-order chi connectivity index (χ0) is 22.0. The molecule has 1 aliphatic rings. The molecule has 0 radical (unpaired) electrons. The molecule has 4 rings (SSSR count). The molecule has 1 fully saturated rings. The fourth-order valence-corrected chi connectivity index (χ4v) is 4.96. The van der Waals surface area contributed by atoms with Gasteiger partial charge in [0.1, 0.15) is 5.54 Å². The van der Waals surface area contributed by atoms with Crippen molar-refractivity contribution in [1.82, 2.24) is 14.9 Å². The first-order chi connectivity index (χ1) is 14.9. The van der Waals surface area contributed by atoms with E-state index in [9.17, 15) is 14.9 Å². The molecule has 7 heteroatoms. The minimum absolute atomic E-state index is 0.0825. The lowest BCUT2D eigenvalue weighted by Crippen LogP contribution is -2.45. The van der Waals surface area contributed by atoms with Crippen molar-refractivity contribution in [2.75, 3.05) is 5.75 Å². The van der Waals surface area contributed by atoms with Crippen LogP contribution < -0.4 is 10.9 Å². The number of nitrogens with one attached hydrogen (secondary N) is 1. The maximum Gasteiger partial charge on any atom is 0.266 e. The van der Waals surface area contributed by atoms with Crippen molar-refractivity contribution >= 4 is 28.6 Å². The Balaban J connectivity index is 1.70. The molecule has 1 aromatic heterocycles. The smallest absolute Gasteiger partial charge is 0.266 e. The number of aryl methyl sites for hydroxylation is 2. The number of hydrogen-bond donors (Lipinski definition) is 1. The number of aromatic nitrogens is 2. The van der Waals surface area contributed by atoms with E-state index in [1.54, 1.807) is 16.7 Å². The molecule has 0 saturated heterocycles. The Morgan fingerprint density at radius 1 is 1.23 bits per heavy atom. The highest BCUT2D eigenvalue weighted by molar-refractivity contribution is 7.99. The number of thioether (sulfide) groups is 1. The van der Waals surface area contributed by atoms with Crippen molar-refractivity contribution in [1.29, 1.82) is 5.26 Å². The average molecular weight is 433 g/mol. The summed E-state index contributed by atoms with van der Waals surface area (Å²) in [5.74, 6) is -0.137. The highest BCUT2D eigenvalue weighted by Crippen LogP contribution is 2.29. The first-order valence-corrected chi connectivity index (χ1v) is 11.4. The van der Waals surface area contributed by atoms with Crippen molar-refractivity contribution in [3.05, 3.63) is 63.9 Å². The molecule has 0 unspecified atom stereocenters. The van der Waals surface area contributed by atoms with Gasteiger partial charge in [-0.1, -0.05) is 41.6 Å². The van der Waals surface area contributed by atoms with Gasteiger partial charge in [0.2, 0.25) is 5.91 Å². The van der Waals surface area contributed by atoms with E-state index in [4.69, 9.17) is 4.98 Å². The van der Waals surface area contributed by atoms with Crippen molar-refractivity contribution in [3.8, 4) is 11.8 Å². The number of carbonyl (C=O) groups excluding carboxylic acids is 1. The van der Waals surface area contributed by atoms with Crippen LogP contribution in [0.25, 0.3) is 16.6 Å². The van der Waals surface area contributed by atoms with E-state index < -0.39 is 5.54 Å². The monoisotopic (exact) mass is 432 g/mol. The molecule has 6 nitrogen and oxygen atoms in total. The Bertz CT molecular complexity index is 1250. The Hall–Kier alpha value is -3.11. The van der Waals surface area contributed by atoms with Gasteiger partial charge in [0, 0.05) is 0 Å². The lowest BCUT2D eigenvalue weighted by atomic mass is 10.0. The molecule has 0 aliphatic heterocycles. The van der Waals surface area contributed by atoms with Gasteiger partial charge < -0.3 is 5.32 Å². The highest BCUT2D eigenvalue weighted by atomic mass is 32.2. The largest absolute Gasteiger partial charge is 0.337 e. The summed E-state index contributed by atoms with van der Waals surface area (Å²) in [5.41, 5.74) is 2.49. The predicted molar refractivity (Wildman–Crippen MR) is 122 cm³/mol. The van der Waals surface area contributed by atoms with E-state index in [-0.39, 0.29) is 17.2 Å². The molecule has 1 N–H and O–H groups in total. The summed E-state index contributed by atoms with van der Waals surface area (Å²) < 4.78 is 1.59. The second kappa shape index (κ2) is 8.56. The SMILES string of the molecule is Cc1ccc(-n2c(SCC(=O)NC3(C#N)CCCC3)nc3ccccc3c2=O)c(C)c1. The Morgan fingerprint density at radius 3 is 2.68 bits per heavy atom. The number of nitrogens with zero attached hydrogens (tertiary/aromatic N) is 3. The fourth-order valence-electron chi connectivity index (χ4n) is 4.15. The summed E-state index contributed by atoms with van der Waals surface area (Å²) in [6, 6.07) is 15.4. The molecule has 1 heterocycles. The minimum Gasteiger partial charge on any atom is -0.337 e. The van der Waals surface area contributed by atoms with Crippen LogP contribution in [0.15, 0.2) is 52.4 Å². The van der Waals surface area contributed by atoms with Gasteiger partial charge in [-0.2, -0.15) is 5.26 Å². The summed E-state index contributed by atoms with van der Waals surface area (Å²) in [4.78, 5) is 30.7. The number of amides is 1. The number of fused-ring (bicyclic) bond motifs is 1. The van der Waals surface area contributed by atoms with Crippen LogP contribution in [0.1, 0.15) is 36.8 Å². The van der Waals surface area contributed by atoms with Crippen molar-refractivity contribution < 1.29 is 4.79 Å². The van der Waals surface area contributed by atoms with E-state index in [2.05, 4.69) is 11.4 Å². The van der Waals surface area contributed by atoms with Gasteiger partial charge in [-0.15, -0.1) is 0 Å². The topological polar surface area (TPSA) is 87.8 Å². The maximum absolute atomic E-state index is 13.4. The standard InChI is InChI=1S/C24H24N4O2S/c1-16-9-10-20(17(2)13-16)28-22(30)18-7-3-4-8-19(18)26-23(28)31-14-21(29)27-24(15-25)11-5-6-12-24/h3-4,7-10,13H,5-6,11-12,14H2,1-2H3,(H,27,29). The molecule has 1 aliphatic carbocycles. The third kappa shape index (κ3) is 4.21. The van der Waals surface area contributed by atoms with E-state index in [1.807, 2.05) is 44.2 Å². The van der Waals surface area contributed by atoms with Gasteiger partial charge in [-0.25, -0.2) is 4.98 Å². The summed E-state index contributed by atoms with van der Waals surface area (Å²) in [6.45, 7) is 3.97. The molecule has 0 bridgehead atoms. The van der Waals surface area contributed by atoms with Crippen molar-refractivity contribution in [2.24, 2.45) is 0 Å². The second-order valence-electron chi connectivity index (χ2n) is 8.08. The lowest BCUT2D eigenvalue weighted by Gasteiger charge is -2.22. The number of nitriles is 1. The van der Waals surface area contributed by atoms with Gasteiger partial charge in [0.25, 0.3) is 5.56 Å². The predicted octanol–water partition coefficient (Wildman–Crippen LogP) is 4.05. The van der Waals surface area contributed by atoms with Crippen LogP contribution in [0.4, 0.5) is 0 Å². The van der Waals surface area contributed by atoms with Crippen molar-refractivity contribution in [2.45, 2.75) is 50.2 Å². The molecule has 0 atom stereocenters. The molecule has 1 saturated carbocycles. The summed E-state index contributed by atoms with van der Waals surface area (Å²) in [7, 11) is 0. The minimum atomic E-state index is -0.762. The number of para-hydroxylation sites is 1. The van der Waals surface area contributed by atoms with Gasteiger partial charge in [0.05, 0.1) is 28.4 Å². The molecular weight excluding hydrogens is 408 g/mol. The summed E-state index contributed by atoms with van der Waals surface area (Å²) >= 11 is 1.21. The van der Waals surface area contributed by atoms with E-state index in [0.29, 0.717) is 28.9 Å². The van der Waals surface area contributed by atoms with Crippen LogP contribution in [-0.4, -0.2) is 26.8 Å². The van der Waals surface area contributed by atoms with E-state index >= 15 is 0 Å². The van der Waals surface area contributed by atoms with Crippen LogP contribution >= 0.6 is 11.8 Å². The van der Waals surface area contributed by atoms with Crippen LogP contribution in [0.3, 0.4) is 0 Å². The van der Waals surface area contributed by atoms with Gasteiger partial charge in [0.15, 0.2) is 5.16 Å². The molecule has 0 spiro atoms. The first kappa shape index (κ1) is 21.1. The summed E-state index contributed by atoms with van der Waals surface area (Å²) in [5, 5.41) is 13.4. The second-order valence-corrected chi connectivity index (χ2v) is 9.02. The molecule has 158 valence electrons. The first-order valence-electron chi connectivity index (χ1n) is 10.4. The quantitative estimate of drug-likeness (QED) is 0.485. The molecule has 1 amide bonds. The third-order valence-corrected chi connectivity index (χ3v) is 6.66. The van der Waals surface area contributed by atoms with Gasteiger partial charge in [-0.3, -0.25) is 14.2 Å². The van der Waals surface area contributed by atoms with E-state index in [0.717, 1.165) is 29.7 Å². The Kier molecular flexibility index (Phi) is 5.84. The van der Waals surface area contributed by atoms with E-state index in [1.165, 1.54) is 11.8 Å². The van der Waals surface area contributed by atoms with Crippen LogP contribution in [0.5, 0.6) is 0 Å². The molecular formula is C24H24N4O2S. The third-order valence-electron chi connectivity index (χ3n) is 5.72. The molecule has 2 aromatic carbocycles. The number of rotatable bonds is 5. The van der Waals surface area contributed by atoms with Crippen LogP contribution in [-0.2, 0) is 4.79 Å². The normalized spacial score (nSPS) is 15.0. The molecule has 31 heavy (non-hydrogen) atoms. The van der Waals surface area contributed by atoms with Gasteiger partial charge in [-0.05, 0) is 63.3 Å². The Morgan fingerprint density at radius 2 is 1.97 bits per heavy atom. The average Bonchev–Trinajstić information content (AvgIpc) is 3.22. The zero-order valence-electron chi connectivity index (χ0n) is 17.6. The number of benzene rings is 2. The summed E-state index contributed by atoms with van der Waals surface area (Å²) in [6.07, 6.45) is 3.25. The fraction of sp³-hybridized carbons (Fsp3) is 0.333. The highest BCUT2D eigenvalue weighted by Gasteiger charge is 2.35. The molecule has 3 aromatic rings. The van der Waals surface area contributed by atoms with Gasteiger partial charge >= 0.3 is 0 Å². The number of carbonyl (C=O) groups is 1. The zero-order valence-corrected chi connectivity index (χ0v) is 18.5. The maximum atomic E-state index is 13.4. The van der Waals surface area contributed by atoms with Crippen LogP contribution in [0, 0.1) is 25.2 Å². The lowest BCUT2D eigenvalue weighted by molar-refractivity contribution is -0.119. The number of hydrogen-bond acceptors (Lipinski definition) is 5. The van der Waals surface area contributed by atoms with Crippen molar-refractivity contribution in [3.63, 3.8) is 0 Å². The van der Waals surface area contributed by atoms with Crippen LogP contribution in [0.2, 0.25) is 0 Å².